The van der Waals surface area contributed by atoms with Crippen LogP contribution in [0.2, 0.25) is 0 Å². The lowest BCUT2D eigenvalue weighted by molar-refractivity contribution is 0.294. The van der Waals surface area contributed by atoms with E-state index in [-0.39, 0.29) is 0 Å². The van der Waals surface area contributed by atoms with E-state index in [1.165, 1.54) is 100 Å². The molecular weight excluding hydrogens is 408 g/mol. The highest BCUT2D eigenvalue weighted by Crippen LogP contribution is 2.38. The van der Waals surface area contributed by atoms with Gasteiger partial charge in [0.05, 0.1) is 0 Å². The Morgan fingerprint density at radius 1 is 0.647 bits per heavy atom. The Hall–Kier alpha value is -1.82. The van der Waals surface area contributed by atoms with Crippen molar-refractivity contribution in [2.75, 3.05) is 0 Å². The summed E-state index contributed by atoms with van der Waals surface area (Å²) in [4.78, 5) is 0. The first-order valence-corrected chi connectivity index (χ1v) is 14.6. The summed E-state index contributed by atoms with van der Waals surface area (Å²) in [6, 6.07) is 18.8. The van der Waals surface area contributed by atoms with Gasteiger partial charge < -0.3 is 0 Å². The van der Waals surface area contributed by atoms with Gasteiger partial charge in [0.1, 0.15) is 0 Å². The molecule has 0 heterocycles. The predicted molar refractivity (Wildman–Crippen MR) is 149 cm³/mol. The molecule has 0 aliphatic heterocycles. The second-order valence-corrected chi connectivity index (χ2v) is 11.4. The SMILES string of the molecule is CCC[C@H]1CC[C@H](C=CCCc2ccc(-c3ccc([C@H]4CC[C@H](CCC)CC4)cc3)cc2)CC1. The molecule has 184 valence electrons. The minimum atomic E-state index is 0.781. The fourth-order valence-electron chi connectivity index (χ4n) is 6.62. The summed E-state index contributed by atoms with van der Waals surface area (Å²) < 4.78 is 0. The number of aryl methyl sites for hydroxylation is 1. The van der Waals surface area contributed by atoms with Crippen molar-refractivity contribution in [3.63, 3.8) is 0 Å². The Bertz CT molecular complexity index is 840. The fourth-order valence-corrected chi connectivity index (χ4v) is 6.62. The minimum Gasteiger partial charge on any atom is -0.0879 e. The van der Waals surface area contributed by atoms with E-state index in [1.807, 2.05) is 0 Å². The van der Waals surface area contributed by atoms with Gasteiger partial charge in [-0.15, -0.1) is 0 Å². The summed E-state index contributed by atoms with van der Waals surface area (Å²) in [5.41, 5.74) is 5.72. The van der Waals surface area contributed by atoms with Gasteiger partial charge in [0.25, 0.3) is 0 Å². The maximum atomic E-state index is 2.52. The van der Waals surface area contributed by atoms with E-state index < -0.39 is 0 Å². The summed E-state index contributed by atoms with van der Waals surface area (Å²) in [5, 5.41) is 0. The predicted octanol–water partition coefficient (Wildman–Crippen LogP) is 10.5. The first-order chi connectivity index (χ1) is 16.7. The molecule has 0 nitrogen and oxygen atoms in total. The molecule has 2 aromatic rings. The lowest BCUT2D eigenvalue weighted by atomic mass is 9.77. The fraction of sp³-hybridized carbons (Fsp3) is 0.588. The summed E-state index contributed by atoms with van der Waals surface area (Å²) in [6.07, 6.45) is 24.2. The van der Waals surface area contributed by atoms with E-state index in [9.17, 15) is 0 Å². The number of hydrogen-bond donors (Lipinski definition) is 0. The molecule has 0 heteroatoms. The van der Waals surface area contributed by atoms with Gasteiger partial charge >= 0.3 is 0 Å². The van der Waals surface area contributed by atoms with Crippen molar-refractivity contribution < 1.29 is 0 Å². The zero-order valence-corrected chi connectivity index (χ0v) is 22.0. The third kappa shape index (κ3) is 7.34. The summed E-state index contributed by atoms with van der Waals surface area (Å²) in [7, 11) is 0. The third-order valence-corrected chi connectivity index (χ3v) is 8.81. The summed E-state index contributed by atoms with van der Waals surface area (Å²) in [5.74, 6) is 3.61. The number of benzene rings is 2. The van der Waals surface area contributed by atoms with Crippen LogP contribution in [-0.2, 0) is 6.42 Å². The molecule has 0 amide bonds. The van der Waals surface area contributed by atoms with Crippen molar-refractivity contribution in [1.82, 2.24) is 0 Å². The average Bonchev–Trinajstić information content (AvgIpc) is 2.89. The summed E-state index contributed by atoms with van der Waals surface area (Å²) >= 11 is 0. The normalized spacial score (nSPS) is 25.6. The van der Waals surface area contributed by atoms with Gasteiger partial charge in [0.15, 0.2) is 0 Å². The van der Waals surface area contributed by atoms with E-state index in [1.54, 1.807) is 5.56 Å². The molecule has 0 N–H and O–H groups in total. The van der Waals surface area contributed by atoms with Crippen molar-refractivity contribution in [3.05, 3.63) is 71.8 Å². The van der Waals surface area contributed by atoms with Crippen LogP contribution < -0.4 is 0 Å². The molecule has 0 saturated heterocycles. The zero-order valence-electron chi connectivity index (χ0n) is 22.0. The number of allylic oxidation sites excluding steroid dienone is 2. The topological polar surface area (TPSA) is 0 Å². The largest absolute Gasteiger partial charge is 0.0879 e. The van der Waals surface area contributed by atoms with E-state index in [4.69, 9.17) is 0 Å². The Labute approximate surface area is 210 Å². The van der Waals surface area contributed by atoms with E-state index in [0.29, 0.717) is 0 Å². The number of hydrogen-bond acceptors (Lipinski definition) is 0. The first kappa shape index (κ1) is 25.3. The van der Waals surface area contributed by atoms with E-state index in [2.05, 4.69) is 74.5 Å². The zero-order chi connectivity index (χ0) is 23.6. The molecule has 2 aliphatic rings. The smallest absolute Gasteiger partial charge is 0.0162 e. The monoisotopic (exact) mass is 456 g/mol. The van der Waals surface area contributed by atoms with Crippen molar-refractivity contribution in [1.29, 1.82) is 0 Å². The Morgan fingerprint density at radius 3 is 1.74 bits per heavy atom. The van der Waals surface area contributed by atoms with Crippen molar-refractivity contribution in [2.45, 2.75) is 110 Å². The second-order valence-electron chi connectivity index (χ2n) is 11.4. The lowest BCUT2D eigenvalue weighted by Gasteiger charge is -2.28. The molecule has 2 aliphatic carbocycles. The van der Waals surface area contributed by atoms with Crippen LogP contribution in [0.4, 0.5) is 0 Å². The van der Waals surface area contributed by atoms with Crippen LogP contribution in [-0.4, -0.2) is 0 Å². The van der Waals surface area contributed by atoms with Gasteiger partial charge in [-0.2, -0.15) is 0 Å². The Morgan fingerprint density at radius 2 is 1.18 bits per heavy atom. The van der Waals surface area contributed by atoms with Crippen molar-refractivity contribution in [2.24, 2.45) is 17.8 Å². The molecule has 2 saturated carbocycles. The second kappa shape index (κ2) is 13.3. The van der Waals surface area contributed by atoms with Gasteiger partial charge in [-0.25, -0.2) is 0 Å². The summed E-state index contributed by atoms with van der Waals surface area (Å²) in [6.45, 7) is 4.66. The van der Waals surface area contributed by atoms with Crippen LogP contribution >= 0.6 is 0 Å². The quantitative estimate of drug-likeness (QED) is 0.312. The van der Waals surface area contributed by atoms with Crippen LogP contribution in [0.3, 0.4) is 0 Å². The maximum Gasteiger partial charge on any atom is -0.0162 e. The van der Waals surface area contributed by atoms with Gasteiger partial charge in [-0.3, -0.25) is 0 Å². The lowest BCUT2D eigenvalue weighted by Crippen LogP contribution is -2.13. The highest BCUT2D eigenvalue weighted by atomic mass is 14.3. The molecule has 0 radical (unpaired) electrons. The van der Waals surface area contributed by atoms with Crippen molar-refractivity contribution in [3.8, 4) is 11.1 Å². The average molecular weight is 457 g/mol. The van der Waals surface area contributed by atoms with E-state index in [0.717, 1.165) is 30.1 Å². The highest BCUT2D eigenvalue weighted by Gasteiger charge is 2.22. The maximum absolute atomic E-state index is 2.52. The highest BCUT2D eigenvalue weighted by molar-refractivity contribution is 5.64. The molecule has 34 heavy (non-hydrogen) atoms. The number of rotatable bonds is 10. The third-order valence-electron chi connectivity index (χ3n) is 8.81. The molecular formula is C34H48. The van der Waals surface area contributed by atoms with Crippen LogP contribution in [0.25, 0.3) is 11.1 Å². The molecule has 2 fully saturated rings. The van der Waals surface area contributed by atoms with Gasteiger partial charge in [0, 0.05) is 0 Å². The van der Waals surface area contributed by atoms with Gasteiger partial charge in [-0.1, -0.05) is 100 Å². The molecule has 0 bridgehead atoms. The minimum absolute atomic E-state index is 0.781. The van der Waals surface area contributed by atoms with Crippen LogP contribution in [0.5, 0.6) is 0 Å². The molecule has 0 spiro atoms. The Balaban J connectivity index is 1.21. The molecule has 2 aromatic carbocycles. The first-order valence-electron chi connectivity index (χ1n) is 14.6. The molecule has 0 aromatic heterocycles. The van der Waals surface area contributed by atoms with Crippen molar-refractivity contribution >= 4 is 0 Å². The standard InChI is InChI=1S/C34H48/c1-3-7-27-11-13-29(14-12-27)9-5-6-10-30-17-21-32(22-18-30)34-25-23-33(24-26-34)31-19-15-28(8-4-2)16-20-31/h5,9,17-18,21-29,31H,3-4,6-8,10-16,19-20H2,1-2H3/t27-,28-,29-,31-. The van der Waals surface area contributed by atoms with Crippen LogP contribution in [0.15, 0.2) is 60.7 Å². The van der Waals surface area contributed by atoms with Gasteiger partial charge in [-0.05, 0) is 110 Å². The van der Waals surface area contributed by atoms with Crippen LogP contribution in [0, 0.1) is 17.8 Å². The molecule has 4 rings (SSSR count). The molecule has 0 unspecified atom stereocenters. The van der Waals surface area contributed by atoms with Gasteiger partial charge in [0.2, 0.25) is 0 Å². The van der Waals surface area contributed by atoms with Crippen LogP contribution in [0.1, 0.15) is 114 Å². The molecule has 0 atom stereocenters. The Kier molecular flexibility index (Phi) is 9.90. The van der Waals surface area contributed by atoms with E-state index >= 15 is 0 Å².